The molecule has 0 atom stereocenters. The van der Waals surface area contributed by atoms with Crippen molar-refractivity contribution in [2.75, 3.05) is 13.2 Å². The van der Waals surface area contributed by atoms with Crippen molar-refractivity contribution >= 4 is 46.3 Å². The van der Waals surface area contributed by atoms with Crippen molar-refractivity contribution < 1.29 is 24.2 Å². The van der Waals surface area contributed by atoms with Crippen LogP contribution in [0.4, 0.5) is 0 Å². The maximum atomic E-state index is 12.1. The molecule has 1 aliphatic heterocycles. The Morgan fingerprint density at radius 1 is 1.31 bits per heavy atom. The lowest BCUT2D eigenvalue weighted by Crippen LogP contribution is -2.33. The third kappa shape index (κ3) is 6.62. The largest absolute Gasteiger partial charge is 0.480 e. The van der Waals surface area contributed by atoms with Gasteiger partial charge in [-0.3, -0.25) is 14.5 Å². The molecule has 1 aliphatic rings. The summed E-state index contributed by atoms with van der Waals surface area (Å²) in [6, 6.07) is 3.53. The summed E-state index contributed by atoms with van der Waals surface area (Å²) in [6.07, 6.45) is 9.15. The molecule has 0 aliphatic carbocycles. The summed E-state index contributed by atoms with van der Waals surface area (Å²) >= 11 is 6.08. The van der Waals surface area contributed by atoms with E-state index in [0.29, 0.717) is 17.1 Å². The van der Waals surface area contributed by atoms with Crippen LogP contribution in [0.2, 0.25) is 0 Å². The van der Waals surface area contributed by atoms with Crippen LogP contribution in [0.3, 0.4) is 0 Å². The number of thioether (sulfide) groups is 1. The second-order valence-electron chi connectivity index (χ2n) is 4.71. The molecule has 8 heteroatoms. The first-order chi connectivity index (χ1) is 12.5. The van der Waals surface area contributed by atoms with Crippen LogP contribution < -0.4 is 0 Å². The van der Waals surface area contributed by atoms with Gasteiger partial charge >= 0.3 is 5.97 Å². The van der Waals surface area contributed by atoms with Gasteiger partial charge in [-0.05, 0) is 12.1 Å². The number of aliphatic carboxylic acids is 1. The summed E-state index contributed by atoms with van der Waals surface area (Å²) < 4.78 is 5.83. The highest BCUT2D eigenvalue weighted by Gasteiger charge is 2.33. The minimum absolute atomic E-state index is 0.00470. The van der Waals surface area contributed by atoms with E-state index in [-0.39, 0.29) is 10.9 Å². The van der Waals surface area contributed by atoms with Crippen molar-refractivity contribution in [2.45, 2.75) is 20.3 Å². The lowest BCUT2D eigenvalue weighted by molar-refractivity contribution is -0.140. The number of thiocarbonyl (C=S) groups is 1. The Labute approximate surface area is 161 Å². The summed E-state index contributed by atoms with van der Waals surface area (Å²) in [7, 11) is 0. The summed E-state index contributed by atoms with van der Waals surface area (Å²) in [5, 5.41) is 17.4. The van der Waals surface area contributed by atoms with Crippen molar-refractivity contribution in [3.8, 4) is 0 Å². The Kier molecular flexibility index (Phi) is 9.64. The zero-order valence-corrected chi connectivity index (χ0v) is 16.2. The van der Waals surface area contributed by atoms with Crippen LogP contribution in [0.1, 0.15) is 25.4 Å². The maximum absolute atomic E-state index is 12.1. The minimum Gasteiger partial charge on any atom is -0.480 e. The molecule has 1 aromatic rings. The summed E-state index contributed by atoms with van der Waals surface area (Å²) in [5.74, 6) is -0.328. The first-order valence-corrected chi connectivity index (χ1v) is 9.22. The first kappa shape index (κ1) is 21.9. The molecule has 0 spiro atoms. The summed E-state index contributed by atoms with van der Waals surface area (Å²) in [5.41, 5.74) is 0. The second-order valence-corrected chi connectivity index (χ2v) is 6.38. The summed E-state index contributed by atoms with van der Waals surface area (Å²) in [4.78, 5) is 24.3. The van der Waals surface area contributed by atoms with Crippen LogP contribution in [0.15, 0.2) is 45.8 Å². The topological polar surface area (TPSA) is 91.0 Å². The maximum Gasteiger partial charge on any atom is 0.323 e. The van der Waals surface area contributed by atoms with Crippen molar-refractivity contribution in [3.63, 3.8) is 0 Å². The smallest absolute Gasteiger partial charge is 0.323 e. The van der Waals surface area contributed by atoms with E-state index in [4.69, 9.17) is 26.8 Å². The number of carbonyl (C=O) groups excluding carboxylic acids is 1. The summed E-state index contributed by atoms with van der Waals surface area (Å²) in [6.45, 7) is 3.55. The van der Waals surface area contributed by atoms with E-state index < -0.39 is 18.4 Å². The zero-order valence-electron chi connectivity index (χ0n) is 14.5. The number of aliphatic hydroxyl groups is 1. The Morgan fingerprint density at radius 3 is 2.65 bits per heavy atom. The highest BCUT2D eigenvalue weighted by atomic mass is 32.2. The molecule has 2 N–H and O–H groups in total. The average molecular weight is 396 g/mol. The van der Waals surface area contributed by atoms with E-state index in [2.05, 4.69) is 0 Å². The molecule has 26 heavy (non-hydrogen) atoms. The van der Waals surface area contributed by atoms with Crippen molar-refractivity contribution in [3.05, 3.63) is 52.9 Å². The van der Waals surface area contributed by atoms with E-state index in [1.165, 1.54) is 0 Å². The predicted octanol–water partition coefficient (Wildman–Crippen LogP) is 3.24. The van der Waals surface area contributed by atoms with E-state index in [1.807, 2.05) is 19.9 Å². The van der Waals surface area contributed by atoms with Crippen LogP contribution in [0.5, 0.6) is 0 Å². The monoisotopic (exact) mass is 395 g/mol. The van der Waals surface area contributed by atoms with E-state index >= 15 is 0 Å². The van der Waals surface area contributed by atoms with Gasteiger partial charge in [0, 0.05) is 12.5 Å². The van der Waals surface area contributed by atoms with E-state index in [0.717, 1.165) is 22.4 Å². The highest BCUT2D eigenvalue weighted by Crippen LogP contribution is 2.32. The van der Waals surface area contributed by atoms with Gasteiger partial charge in [-0.25, -0.2) is 0 Å². The zero-order chi connectivity index (χ0) is 19.5. The SMILES string of the molecule is CC.O=C(O)CN1C(=O)/C(=C\c2ccc(C/C=C\C=C/CO)o2)SC1=S. The second kappa shape index (κ2) is 11.5. The van der Waals surface area contributed by atoms with Crippen molar-refractivity contribution in [2.24, 2.45) is 0 Å². The number of rotatable bonds is 7. The fraction of sp³-hybridized carbons (Fsp3) is 0.278. The molecule has 2 heterocycles. The Morgan fingerprint density at radius 2 is 2.00 bits per heavy atom. The quantitative estimate of drug-likeness (QED) is 0.416. The normalized spacial score (nSPS) is 16.0. The van der Waals surface area contributed by atoms with Gasteiger partial charge in [-0.15, -0.1) is 0 Å². The van der Waals surface area contributed by atoms with Gasteiger partial charge in [0.1, 0.15) is 22.4 Å². The fourth-order valence-electron chi connectivity index (χ4n) is 1.88. The molecule has 0 unspecified atom stereocenters. The number of nitrogens with zero attached hydrogens (tertiary/aromatic N) is 1. The van der Waals surface area contributed by atoms with Crippen LogP contribution in [0, 0.1) is 0 Å². The average Bonchev–Trinajstić information content (AvgIpc) is 3.16. The van der Waals surface area contributed by atoms with Gasteiger partial charge in [-0.1, -0.05) is 62.1 Å². The molecule has 2 rings (SSSR count). The van der Waals surface area contributed by atoms with Gasteiger partial charge in [-0.2, -0.15) is 0 Å². The lowest BCUT2D eigenvalue weighted by atomic mass is 10.3. The number of aliphatic hydroxyl groups excluding tert-OH is 1. The van der Waals surface area contributed by atoms with Crippen molar-refractivity contribution in [1.29, 1.82) is 0 Å². The molecule has 1 amide bonds. The number of amides is 1. The molecule has 140 valence electrons. The molecule has 1 fully saturated rings. The predicted molar refractivity (Wildman–Crippen MR) is 107 cm³/mol. The number of hydrogen-bond acceptors (Lipinski definition) is 6. The Balaban J connectivity index is 0.00000163. The molecule has 1 saturated heterocycles. The van der Waals surface area contributed by atoms with Gasteiger partial charge < -0.3 is 14.6 Å². The van der Waals surface area contributed by atoms with E-state index in [9.17, 15) is 9.59 Å². The first-order valence-electron chi connectivity index (χ1n) is 7.99. The van der Waals surface area contributed by atoms with Crippen molar-refractivity contribution in [1.82, 2.24) is 4.90 Å². The Hall–Kier alpha value is -2.16. The molecule has 1 aromatic heterocycles. The number of carboxylic acid groups (broad SMARTS) is 1. The molecule has 6 nitrogen and oxygen atoms in total. The minimum atomic E-state index is -1.12. The molecular formula is C18H21NO5S2. The third-order valence-electron chi connectivity index (χ3n) is 2.93. The molecule has 0 bridgehead atoms. The van der Waals surface area contributed by atoms with Crippen LogP contribution in [-0.2, 0) is 16.0 Å². The van der Waals surface area contributed by atoms with Crippen LogP contribution >= 0.6 is 24.0 Å². The molecule has 0 saturated carbocycles. The van der Waals surface area contributed by atoms with Crippen LogP contribution in [0.25, 0.3) is 6.08 Å². The molecule has 0 radical (unpaired) electrons. The standard InChI is InChI=1S/C16H15NO5S2.C2H6/c18-8-4-2-1-3-5-11-6-7-12(22-11)9-13-15(21)17(10-14(19)20)16(23)24-13;1-2/h1-4,6-7,9,18H,5,8,10H2,(H,19,20);1-2H3/b3-1-,4-2-,13-9+;. The number of furan rings is 1. The van der Waals surface area contributed by atoms with Gasteiger partial charge in [0.05, 0.1) is 11.5 Å². The Bertz CT molecular complexity index is 734. The number of allylic oxidation sites excluding steroid dienone is 3. The number of hydrogen-bond donors (Lipinski definition) is 2. The third-order valence-corrected chi connectivity index (χ3v) is 4.31. The molecule has 0 aromatic carbocycles. The highest BCUT2D eigenvalue weighted by molar-refractivity contribution is 8.26. The van der Waals surface area contributed by atoms with Crippen LogP contribution in [-0.4, -0.2) is 44.5 Å². The van der Waals surface area contributed by atoms with E-state index in [1.54, 1.807) is 36.4 Å². The van der Waals surface area contributed by atoms with Gasteiger partial charge in [0.25, 0.3) is 5.91 Å². The number of carboxylic acids is 1. The van der Waals surface area contributed by atoms with Gasteiger partial charge in [0.2, 0.25) is 0 Å². The fourth-order valence-corrected chi connectivity index (χ4v) is 3.12. The molecular weight excluding hydrogens is 374 g/mol. The lowest BCUT2D eigenvalue weighted by Gasteiger charge is -2.09. The number of carbonyl (C=O) groups is 2. The van der Waals surface area contributed by atoms with Gasteiger partial charge in [0.15, 0.2) is 0 Å².